The molecule has 1 amide bonds. The Bertz CT molecular complexity index is 867. The third-order valence-electron chi connectivity index (χ3n) is 6.51. The number of ether oxygens (including phenoxy) is 2. The molecule has 2 atom stereocenters. The van der Waals surface area contributed by atoms with Crippen LogP contribution in [0.25, 0.3) is 0 Å². The number of hydrogen-bond donors (Lipinski definition) is 1. The Labute approximate surface area is 170 Å². The molecule has 1 spiro atoms. The molecule has 5 rings (SSSR count). The fourth-order valence-corrected chi connectivity index (χ4v) is 6.53. The Kier molecular flexibility index (Phi) is 4.92. The van der Waals surface area contributed by atoms with Crippen molar-refractivity contribution in [1.82, 2.24) is 19.2 Å². The summed E-state index contributed by atoms with van der Waals surface area (Å²) in [6.07, 6.45) is 7.58. The number of sulfonamides is 1. The molecule has 3 fully saturated rings. The highest BCUT2D eigenvalue weighted by Crippen LogP contribution is 2.42. The summed E-state index contributed by atoms with van der Waals surface area (Å²) in [4.78, 5) is 17.3. The second-order valence-electron chi connectivity index (χ2n) is 8.53. The van der Waals surface area contributed by atoms with E-state index in [1.807, 2.05) is 10.8 Å². The van der Waals surface area contributed by atoms with E-state index in [2.05, 4.69) is 10.3 Å². The molecule has 2 saturated heterocycles. The lowest BCUT2D eigenvalue weighted by Gasteiger charge is -2.45. The molecule has 10 heteroatoms. The van der Waals surface area contributed by atoms with Crippen molar-refractivity contribution in [3.8, 4) is 0 Å². The highest BCUT2D eigenvalue weighted by atomic mass is 32.2. The quantitative estimate of drug-likeness (QED) is 0.732. The average Bonchev–Trinajstić information content (AvgIpc) is 3.25. The predicted molar refractivity (Wildman–Crippen MR) is 104 cm³/mol. The smallest absolute Gasteiger partial charge is 0.251 e. The number of hydrogen-bond acceptors (Lipinski definition) is 6. The Morgan fingerprint density at radius 1 is 1.28 bits per heavy atom. The van der Waals surface area contributed by atoms with Crippen LogP contribution in [0.1, 0.15) is 44.3 Å². The Balaban J connectivity index is 1.29. The molecule has 29 heavy (non-hydrogen) atoms. The van der Waals surface area contributed by atoms with Gasteiger partial charge in [0, 0.05) is 38.6 Å². The van der Waals surface area contributed by atoms with Gasteiger partial charge in [-0.05, 0) is 38.5 Å². The molecular formula is C19H28N4O5S. The number of carbonyl (C=O) groups excluding carboxylic acids is 1. The van der Waals surface area contributed by atoms with Gasteiger partial charge in [-0.15, -0.1) is 0 Å². The second-order valence-corrected chi connectivity index (χ2v) is 10.7. The largest absolute Gasteiger partial charge is 0.376 e. The van der Waals surface area contributed by atoms with Gasteiger partial charge < -0.3 is 19.4 Å². The van der Waals surface area contributed by atoms with Crippen LogP contribution >= 0.6 is 0 Å². The van der Waals surface area contributed by atoms with Crippen molar-refractivity contribution in [2.24, 2.45) is 0 Å². The van der Waals surface area contributed by atoms with Gasteiger partial charge in [-0.2, -0.15) is 0 Å². The van der Waals surface area contributed by atoms with Gasteiger partial charge in [0.1, 0.15) is 11.4 Å². The number of fused-ring (bicyclic) bond motifs is 2. The number of piperidine rings is 1. The summed E-state index contributed by atoms with van der Waals surface area (Å²) in [5.41, 5.74) is -0.719. The molecule has 1 N–H and O–H groups in total. The zero-order valence-electron chi connectivity index (χ0n) is 16.5. The van der Waals surface area contributed by atoms with E-state index in [4.69, 9.17) is 9.47 Å². The first-order chi connectivity index (χ1) is 14.0. The van der Waals surface area contributed by atoms with E-state index >= 15 is 0 Å². The van der Waals surface area contributed by atoms with Gasteiger partial charge in [-0.3, -0.25) is 4.79 Å². The monoisotopic (exact) mass is 424 g/mol. The average molecular weight is 425 g/mol. The number of amides is 1. The number of carbonyl (C=O) groups is 1. The molecule has 1 aromatic rings. The lowest BCUT2D eigenvalue weighted by molar-refractivity contribution is -0.171. The van der Waals surface area contributed by atoms with E-state index in [0.717, 1.165) is 38.1 Å². The van der Waals surface area contributed by atoms with Crippen molar-refractivity contribution < 1.29 is 22.7 Å². The van der Waals surface area contributed by atoms with Crippen LogP contribution in [-0.2, 0) is 36.4 Å². The van der Waals surface area contributed by atoms with Crippen LogP contribution < -0.4 is 5.32 Å². The van der Waals surface area contributed by atoms with Crippen LogP contribution in [0.15, 0.2) is 12.4 Å². The van der Waals surface area contributed by atoms with Gasteiger partial charge in [-0.25, -0.2) is 17.7 Å². The molecule has 4 aliphatic rings. The number of nitrogens with zero attached hydrogens (tertiary/aromatic N) is 3. The summed E-state index contributed by atoms with van der Waals surface area (Å²) in [7, 11) is -3.20. The van der Waals surface area contributed by atoms with Crippen LogP contribution in [0.4, 0.5) is 0 Å². The standard InChI is InChI=1S/C19H28N4O5S/c24-17(21-12-14-2-1-11-27-14)16-13-22-10-7-20-18(22)19(28-16)5-8-23(9-6-19)29(25,26)15-3-4-15/h7,10,14-16H,1-6,8-9,11-13H2,(H,21,24)/t14-,16+/m0/s1. The van der Waals surface area contributed by atoms with Crippen LogP contribution in [0.3, 0.4) is 0 Å². The van der Waals surface area contributed by atoms with E-state index in [-0.39, 0.29) is 17.3 Å². The second kappa shape index (κ2) is 7.33. The summed E-state index contributed by atoms with van der Waals surface area (Å²) in [5, 5.41) is 2.76. The molecule has 0 bridgehead atoms. The number of aromatic nitrogens is 2. The van der Waals surface area contributed by atoms with Gasteiger partial charge >= 0.3 is 0 Å². The first-order valence-corrected chi connectivity index (χ1v) is 12.1. The van der Waals surface area contributed by atoms with E-state index in [0.29, 0.717) is 39.0 Å². The van der Waals surface area contributed by atoms with E-state index in [9.17, 15) is 13.2 Å². The minimum absolute atomic E-state index is 0.0798. The molecule has 4 heterocycles. The Hall–Kier alpha value is -1.49. The van der Waals surface area contributed by atoms with E-state index in [1.165, 1.54) is 0 Å². The molecular weight excluding hydrogens is 396 g/mol. The maximum atomic E-state index is 12.8. The number of nitrogens with one attached hydrogen (secondary N) is 1. The summed E-state index contributed by atoms with van der Waals surface area (Å²) in [6, 6.07) is 0. The molecule has 9 nitrogen and oxygen atoms in total. The van der Waals surface area contributed by atoms with E-state index < -0.39 is 21.7 Å². The van der Waals surface area contributed by atoms with Gasteiger partial charge in [0.2, 0.25) is 10.0 Å². The lowest BCUT2D eigenvalue weighted by Crippen LogP contribution is -2.55. The van der Waals surface area contributed by atoms with Crippen molar-refractivity contribution in [3.05, 3.63) is 18.2 Å². The number of rotatable bonds is 5. The molecule has 0 unspecified atom stereocenters. The molecule has 1 aliphatic carbocycles. The third-order valence-corrected chi connectivity index (χ3v) is 8.91. The van der Waals surface area contributed by atoms with Crippen molar-refractivity contribution in [3.63, 3.8) is 0 Å². The summed E-state index contributed by atoms with van der Waals surface area (Å²) < 4.78 is 40.7. The van der Waals surface area contributed by atoms with Gasteiger partial charge in [0.15, 0.2) is 6.10 Å². The van der Waals surface area contributed by atoms with Gasteiger partial charge in [0.05, 0.1) is 17.9 Å². The minimum atomic E-state index is -3.20. The number of imidazole rings is 1. The fourth-order valence-electron chi connectivity index (χ4n) is 4.69. The predicted octanol–water partition coefficient (Wildman–Crippen LogP) is 0.360. The topological polar surface area (TPSA) is 103 Å². The fraction of sp³-hybridized carbons (Fsp3) is 0.789. The van der Waals surface area contributed by atoms with Crippen LogP contribution in [-0.4, -0.2) is 71.9 Å². The zero-order valence-corrected chi connectivity index (χ0v) is 17.3. The first-order valence-electron chi connectivity index (χ1n) is 10.6. The molecule has 0 radical (unpaired) electrons. The first kappa shape index (κ1) is 19.5. The Morgan fingerprint density at radius 3 is 2.76 bits per heavy atom. The van der Waals surface area contributed by atoms with Crippen LogP contribution in [0.2, 0.25) is 0 Å². The lowest BCUT2D eigenvalue weighted by atomic mass is 9.89. The van der Waals surface area contributed by atoms with E-state index in [1.54, 1.807) is 10.5 Å². The normalized spacial score (nSPS) is 29.7. The highest BCUT2D eigenvalue weighted by Gasteiger charge is 2.50. The van der Waals surface area contributed by atoms with Gasteiger partial charge in [-0.1, -0.05) is 0 Å². The molecule has 160 valence electrons. The van der Waals surface area contributed by atoms with Crippen LogP contribution in [0.5, 0.6) is 0 Å². The minimum Gasteiger partial charge on any atom is -0.376 e. The summed E-state index contributed by atoms with van der Waals surface area (Å²) in [5.74, 6) is 0.649. The maximum absolute atomic E-state index is 12.8. The SMILES string of the molecule is O=C(NC[C@@H]1CCCO1)[C@H]1Cn2ccnc2C2(CCN(S(=O)(=O)C3CC3)CC2)O1. The summed E-state index contributed by atoms with van der Waals surface area (Å²) >= 11 is 0. The summed E-state index contributed by atoms with van der Waals surface area (Å²) in [6.45, 7) is 2.46. The van der Waals surface area contributed by atoms with Crippen molar-refractivity contribution in [2.75, 3.05) is 26.2 Å². The van der Waals surface area contributed by atoms with Crippen molar-refractivity contribution >= 4 is 15.9 Å². The molecule has 1 aromatic heterocycles. The van der Waals surface area contributed by atoms with Crippen molar-refractivity contribution in [1.29, 1.82) is 0 Å². The maximum Gasteiger partial charge on any atom is 0.251 e. The third kappa shape index (κ3) is 3.60. The molecule has 3 aliphatic heterocycles. The van der Waals surface area contributed by atoms with Crippen LogP contribution in [0, 0.1) is 0 Å². The van der Waals surface area contributed by atoms with Crippen molar-refractivity contribution in [2.45, 2.75) is 68.1 Å². The zero-order chi connectivity index (χ0) is 20.1. The van der Waals surface area contributed by atoms with Gasteiger partial charge in [0.25, 0.3) is 5.91 Å². The molecule has 1 saturated carbocycles. The highest BCUT2D eigenvalue weighted by molar-refractivity contribution is 7.90. The Morgan fingerprint density at radius 2 is 2.07 bits per heavy atom. The molecule has 0 aromatic carbocycles.